The lowest BCUT2D eigenvalue weighted by Crippen LogP contribution is -2.35. The van der Waals surface area contributed by atoms with Gasteiger partial charge in [-0.1, -0.05) is 47.5 Å². The van der Waals surface area contributed by atoms with Gasteiger partial charge in [0.15, 0.2) is 0 Å². The molecule has 4 N–H and O–H groups in total. The lowest BCUT2D eigenvalue weighted by atomic mass is 9.99. The van der Waals surface area contributed by atoms with Crippen molar-refractivity contribution in [2.75, 3.05) is 27.3 Å². The van der Waals surface area contributed by atoms with E-state index in [1.54, 1.807) is 25.4 Å². The van der Waals surface area contributed by atoms with Crippen molar-refractivity contribution in [3.05, 3.63) is 81.7 Å². The minimum Gasteiger partial charge on any atom is -0.496 e. The monoisotopic (exact) mass is 706 g/mol. The van der Waals surface area contributed by atoms with E-state index >= 15 is 4.39 Å². The van der Waals surface area contributed by atoms with Crippen LogP contribution < -0.4 is 30.7 Å². The second-order valence-electron chi connectivity index (χ2n) is 12.1. The number of carbonyl (C=O) groups is 2. The molecule has 10 nitrogen and oxygen atoms in total. The molecule has 0 spiro atoms. The van der Waals surface area contributed by atoms with Crippen molar-refractivity contribution < 1.29 is 23.5 Å². The molecule has 49 heavy (non-hydrogen) atoms. The Balaban J connectivity index is 1.22. The van der Waals surface area contributed by atoms with Crippen LogP contribution >= 0.6 is 23.2 Å². The second-order valence-corrected chi connectivity index (χ2v) is 12.8. The van der Waals surface area contributed by atoms with E-state index in [0.717, 1.165) is 18.4 Å². The van der Waals surface area contributed by atoms with Crippen molar-refractivity contribution in [1.29, 1.82) is 0 Å². The van der Waals surface area contributed by atoms with Gasteiger partial charge in [-0.3, -0.25) is 14.6 Å². The zero-order chi connectivity index (χ0) is 34.5. The Hall–Kier alpha value is -4.29. The fourth-order valence-electron chi connectivity index (χ4n) is 6.24. The number of hydrogen-bond donors (Lipinski definition) is 4. The van der Waals surface area contributed by atoms with Crippen LogP contribution in [0.5, 0.6) is 11.6 Å². The van der Waals surface area contributed by atoms with Crippen molar-refractivity contribution in [2.45, 2.75) is 50.9 Å². The van der Waals surface area contributed by atoms with Crippen LogP contribution in [0.25, 0.3) is 33.6 Å². The van der Waals surface area contributed by atoms with Crippen LogP contribution in [-0.4, -0.2) is 61.2 Å². The highest BCUT2D eigenvalue weighted by Gasteiger charge is 2.23. The van der Waals surface area contributed by atoms with Crippen LogP contribution in [0.4, 0.5) is 4.39 Å². The molecular formula is C36H37Cl2FN6O4. The summed E-state index contributed by atoms with van der Waals surface area (Å²) in [5.41, 5.74) is 4.64. The smallest absolute Gasteiger partial charge is 0.220 e. The van der Waals surface area contributed by atoms with Crippen LogP contribution in [0.15, 0.2) is 54.7 Å². The first kappa shape index (κ1) is 34.6. The maximum absolute atomic E-state index is 15.5. The Bertz CT molecular complexity index is 1880. The molecule has 13 heteroatoms. The summed E-state index contributed by atoms with van der Waals surface area (Å²) in [6, 6.07) is 14.4. The second kappa shape index (κ2) is 15.5. The van der Waals surface area contributed by atoms with Crippen LogP contribution in [-0.2, 0) is 22.7 Å². The molecule has 2 unspecified atom stereocenters. The number of nitrogens with zero attached hydrogens (tertiary/aromatic N) is 2. The van der Waals surface area contributed by atoms with E-state index in [0.29, 0.717) is 93.4 Å². The van der Waals surface area contributed by atoms with E-state index in [4.69, 9.17) is 37.7 Å². The number of amides is 2. The minimum absolute atomic E-state index is 0.0233. The molecular weight excluding hydrogens is 670 g/mol. The first-order chi connectivity index (χ1) is 23.7. The zero-order valence-electron chi connectivity index (χ0n) is 27.2. The fraction of sp³-hybridized carbons (Fsp3) is 0.333. The topological polar surface area (TPSA) is 126 Å². The average molecular weight is 708 g/mol. The normalized spacial score (nSPS) is 17.2. The van der Waals surface area contributed by atoms with Gasteiger partial charge in [-0.2, -0.15) is 0 Å². The molecule has 0 saturated carbocycles. The predicted octanol–water partition coefficient (Wildman–Crippen LogP) is 5.68. The van der Waals surface area contributed by atoms with Gasteiger partial charge in [-0.25, -0.2) is 9.37 Å². The summed E-state index contributed by atoms with van der Waals surface area (Å²) < 4.78 is 26.7. The fourth-order valence-corrected chi connectivity index (χ4v) is 6.88. The summed E-state index contributed by atoms with van der Waals surface area (Å²) >= 11 is 14.0. The third-order valence-corrected chi connectivity index (χ3v) is 9.59. The third kappa shape index (κ3) is 7.80. The van der Waals surface area contributed by atoms with Gasteiger partial charge >= 0.3 is 0 Å². The summed E-state index contributed by atoms with van der Waals surface area (Å²) in [4.78, 5) is 32.2. The van der Waals surface area contributed by atoms with Crippen molar-refractivity contribution in [2.24, 2.45) is 0 Å². The van der Waals surface area contributed by atoms with Crippen LogP contribution in [0.1, 0.15) is 36.8 Å². The number of carbonyl (C=O) groups excluding carboxylic acids is 2. The molecule has 0 radical (unpaired) electrons. The van der Waals surface area contributed by atoms with E-state index in [-0.39, 0.29) is 30.4 Å². The zero-order valence-corrected chi connectivity index (χ0v) is 28.7. The lowest BCUT2D eigenvalue weighted by Gasteiger charge is -2.17. The molecule has 2 fully saturated rings. The molecule has 256 valence electrons. The number of benzene rings is 2. The molecule has 2 aromatic heterocycles. The van der Waals surface area contributed by atoms with Gasteiger partial charge in [0.25, 0.3) is 0 Å². The first-order valence-electron chi connectivity index (χ1n) is 16.1. The number of halogens is 3. The maximum atomic E-state index is 15.5. The van der Waals surface area contributed by atoms with Crippen LogP contribution in [0.3, 0.4) is 0 Å². The molecule has 0 aliphatic carbocycles. The minimum atomic E-state index is -0.468. The van der Waals surface area contributed by atoms with Crippen molar-refractivity contribution in [3.63, 3.8) is 0 Å². The van der Waals surface area contributed by atoms with Gasteiger partial charge in [0, 0.05) is 90.7 Å². The van der Waals surface area contributed by atoms with E-state index < -0.39 is 5.82 Å². The Morgan fingerprint density at radius 1 is 0.857 bits per heavy atom. The standard InChI is InChI=1S/C36H37Cl2FN6O4/c1-48-30-15-21(14-28(39)27(30)19-41-18-23-8-11-32(47)44-23)35-34(38)25(12-13-42-35)24-4-3-5-26(33(24)37)29-9-6-20(36(45-29)49-2)16-40-17-22-7-10-31(46)43-22/h3-6,9,12-15,22-23,40-41H,7-8,10-11,16-19H2,1-2H3,(H,43,46)(H,44,47). The quantitative estimate of drug-likeness (QED) is 0.140. The van der Waals surface area contributed by atoms with E-state index in [1.165, 1.54) is 13.2 Å². The Morgan fingerprint density at radius 2 is 1.53 bits per heavy atom. The molecule has 0 bridgehead atoms. The van der Waals surface area contributed by atoms with Crippen molar-refractivity contribution in [3.8, 4) is 45.3 Å². The highest BCUT2D eigenvalue weighted by Crippen LogP contribution is 2.42. The highest BCUT2D eigenvalue weighted by molar-refractivity contribution is 6.39. The number of rotatable bonds is 13. The number of aromatic nitrogens is 2. The Morgan fingerprint density at radius 3 is 2.18 bits per heavy atom. The molecule has 2 atom stereocenters. The molecule has 4 heterocycles. The molecule has 6 rings (SSSR count). The van der Waals surface area contributed by atoms with Crippen molar-refractivity contribution in [1.82, 2.24) is 31.2 Å². The number of ether oxygens (including phenoxy) is 2. The largest absolute Gasteiger partial charge is 0.496 e. The molecule has 2 amide bonds. The number of pyridine rings is 2. The highest BCUT2D eigenvalue weighted by atomic mass is 35.5. The molecule has 2 aliphatic rings. The van der Waals surface area contributed by atoms with Crippen LogP contribution in [0, 0.1) is 5.82 Å². The molecule has 2 saturated heterocycles. The molecule has 2 aromatic carbocycles. The Kier molecular flexibility index (Phi) is 10.9. The number of hydrogen-bond acceptors (Lipinski definition) is 8. The third-order valence-electron chi connectivity index (χ3n) is 8.80. The van der Waals surface area contributed by atoms with E-state index in [9.17, 15) is 9.59 Å². The summed E-state index contributed by atoms with van der Waals surface area (Å²) in [6.07, 6.45) is 4.23. The predicted molar refractivity (Wildman–Crippen MR) is 187 cm³/mol. The van der Waals surface area contributed by atoms with Crippen LogP contribution in [0.2, 0.25) is 10.0 Å². The van der Waals surface area contributed by atoms with Gasteiger partial charge < -0.3 is 30.7 Å². The molecule has 4 aromatic rings. The van der Waals surface area contributed by atoms with Gasteiger partial charge in [-0.15, -0.1) is 0 Å². The maximum Gasteiger partial charge on any atom is 0.220 e. The number of methoxy groups -OCH3 is 2. The van der Waals surface area contributed by atoms with Gasteiger partial charge in [0.1, 0.15) is 11.6 Å². The lowest BCUT2D eigenvalue weighted by molar-refractivity contribution is -0.120. The summed E-state index contributed by atoms with van der Waals surface area (Å²) in [5, 5.41) is 13.2. The van der Waals surface area contributed by atoms with Gasteiger partial charge in [0.05, 0.1) is 35.7 Å². The Labute approximate surface area is 294 Å². The van der Waals surface area contributed by atoms with E-state index in [1.807, 2.05) is 30.3 Å². The average Bonchev–Trinajstić information content (AvgIpc) is 3.72. The first-order valence-corrected chi connectivity index (χ1v) is 16.9. The number of nitrogens with one attached hydrogen (secondary N) is 4. The van der Waals surface area contributed by atoms with E-state index in [2.05, 4.69) is 26.3 Å². The SMILES string of the molecule is COc1cc(-c2nccc(-c3cccc(-c4ccc(CNCC5CCC(=O)N5)c(OC)n4)c3Cl)c2Cl)cc(F)c1CNCC1CCC(=O)N1. The van der Waals surface area contributed by atoms with Gasteiger partial charge in [-0.05, 0) is 37.1 Å². The molecule has 2 aliphatic heterocycles. The van der Waals surface area contributed by atoms with Gasteiger partial charge in [0.2, 0.25) is 17.7 Å². The summed E-state index contributed by atoms with van der Waals surface area (Å²) in [6.45, 7) is 1.93. The van der Waals surface area contributed by atoms with Crippen molar-refractivity contribution >= 4 is 35.0 Å². The summed E-state index contributed by atoms with van der Waals surface area (Å²) in [7, 11) is 3.06. The summed E-state index contributed by atoms with van der Waals surface area (Å²) in [5.74, 6) is 0.462.